The molecule has 0 aliphatic carbocycles. The first-order chi connectivity index (χ1) is 8.52. The molecule has 18 heavy (non-hydrogen) atoms. The van der Waals surface area contributed by atoms with E-state index in [-0.39, 0.29) is 0 Å². The van der Waals surface area contributed by atoms with Crippen LogP contribution in [0.15, 0.2) is 18.3 Å². The summed E-state index contributed by atoms with van der Waals surface area (Å²) in [5.74, 6) is 0.775. The summed E-state index contributed by atoms with van der Waals surface area (Å²) >= 11 is 4.99. The first kappa shape index (κ1) is 14.9. The number of hydrogen-bond acceptors (Lipinski definition) is 4. The summed E-state index contributed by atoms with van der Waals surface area (Å²) in [6.07, 6.45) is 2.80. The Bertz CT molecular complexity index is 392. The van der Waals surface area contributed by atoms with Crippen molar-refractivity contribution in [2.45, 2.75) is 26.3 Å². The fourth-order valence-electron chi connectivity index (χ4n) is 1.54. The molecule has 0 atom stereocenters. The van der Waals surface area contributed by atoms with Crippen molar-refractivity contribution < 1.29 is 0 Å². The Labute approximate surface area is 115 Å². The van der Waals surface area contributed by atoms with E-state index in [0.717, 1.165) is 30.9 Å². The largest absolute Gasteiger partial charge is 0.389 e. The fraction of sp³-hybridized carbons (Fsp3) is 0.538. The molecule has 0 aliphatic rings. The van der Waals surface area contributed by atoms with Crippen LogP contribution in [0.4, 0.5) is 5.82 Å². The molecule has 1 rings (SSSR count). The summed E-state index contributed by atoms with van der Waals surface area (Å²) in [6, 6.07) is 4.30. The third-order valence-corrected chi connectivity index (χ3v) is 3.15. The first-order valence-electron chi connectivity index (χ1n) is 6.21. The van der Waals surface area contributed by atoms with E-state index in [0.29, 0.717) is 11.0 Å². The van der Waals surface area contributed by atoms with E-state index in [1.165, 1.54) is 0 Å². The number of pyridine rings is 1. The predicted octanol–water partition coefficient (Wildman–Crippen LogP) is 1.86. The van der Waals surface area contributed by atoms with Crippen molar-refractivity contribution in [3.05, 3.63) is 23.9 Å². The zero-order valence-electron chi connectivity index (χ0n) is 11.3. The molecular formula is C13H22N4S. The van der Waals surface area contributed by atoms with Crippen molar-refractivity contribution in [2.75, 3.05) is 25.5 Å². The van der Waals surface area contributed by atoms with E-state index in [1.807, 2.05) is 12.1 Å². The van der Waals surface area contributed by atoms with Crippen LogP contribution >= 0.6 is 12.2 Å². The zero-order chi connectivity index (χ0) is 13.5. The van der Waals surface area contributed by atoms with Gasteiger partial charge in [-0.3, -0.25) is 0 Å². The standard InChI is InChI=1S/C13H22N4S/c1-10(2)17(3)9-5-8-16-13-11(12(14)18)6-4-7-15-13/h4,6-7,10H,5,8-9H2,1-3H3,(H2,14,18)(H,15,16). The summed E-state index contributed by atoms with van der Waals surface area (Å²) in [6.45, 7) is 6.30. The normalized spacial score (nSPS) is 10.9. The number of rotatable bonds is 7. The second-order valence-electron chi connectivity index (χ2n) is 4.62. The maximum absolute atomic E-state index is 5.65. The molecule has 0 unspecified atom stereocenters. The van der Waals surface area contributed by atoms with Crippen molar-refractivity contribution in [3.8, 4) is 0 Å². The smallest absolute Gasteiger partial charge is 0.136 e. The molecule has 0 saturated carbocycles. The van der Waals surface area contributed by atoms with Gasteiger partial charge < -0.3 is 16.0 Å². The Balaban J connectivity index is 2.42. The second kappa shape index (κ2) is 7.28. The van der Waals surface area contributed by atoms with Gasteiger partial charge in [-0.15, -0.1) is 0 Å². The molecule has 100 valence electrons. The third-order valence-electron chi connectivity index (χ3n) is 2.93. The lowest BCUT2D eigenvalue weighted by atomic mass is 10.2. The molecule has 0 bridgehead atoms. The predicted molar refractivity (Wildman–Crippen MR) is 81.0 cm³/mol. The van der Waals surface area contributed by atoms with Crippen molar-refractivity contribution in [1.82, 2.24) is 9.88 Å². The van der Waals surface area contributed by atoms with Crippen LogP contribution in [0, 0.1) is 0 Å². The first-order valence-corrected chi connectivity index (χ1v) is 6.62. The van der Waals surface area contributed by atoms with Gasteiger partial charge in [0.05, 0.1) is 5.56 Å². The van der Waals surface area contributed by atoms with Gasteiger partial charge in [0.1, 0.15) is 10.8 Å². The van der Waals surface area contributed by atoms with Crippen molar-refractivity contribution in [1.29, 1.82) is 0 Å². The van der Waals surface area contributed by atoms with Crippen LogP contribution in [0.2, 0.25) is 0 Å². The maximum atomic E-state index is 5.65. The van der Waals surface area contributed by atoms with Gasteiger partial charge in [-0.05, 0) is 46.0 Å². The van der Waals surface area contributed by atoms with Crippen molar-refractivity contribution >= 4 is 23.0 Å². The number of anilines is 1. The van der Waals surface area contributed by atoms with Gasteiger partial charge in [0.2, 0.25) is 0 Å². The topological polar surface area (TPSA) is 54.2 Å². The number of nitrogens with one attached hydrogen (secondary N) is 1. The van der Waals surface area contributed by atoms with Crippen LogP contribution in [0.1, 0.15) is 25.8 Å². The summed E-state index contributed by atoms with van der Waals surface area (Å²) in [4.78, 5) is 6.95. The van der Waals surface area contributed by atoms with E-state index in [4.69, 9.17) is 18.0 Å². The summed E-state index contributed by atoms with van der Waals surface area (Å²) < 4.78 is 0. The van der Waals surface area contributed by atoms with Gasteiger partial charge in [0.15, 0.2) is 0 Å². The van der Waals surface area contributed by atoms with Crippen LogP contribution in [0.5, 0.6) is 0 Å². The highest BCUT2D eigenvalue weighted by Crippen LogP contribution is 2.10. The zero-order valence-corrected chi connectivity index (χ0v) is 12.1. The highest BCUT2D eigenvalue weighted by atomic mass is 32.1. The lowest BCUT2D eigenvalue weighted by Gasteiger charge is -2.20. The molecule has 5 heteroatoms. The highest BCUT2D eigenvalue weighted by molar-refractivity contribution is 7.80. The van der Waals surface area contributed by atoms with Gasteiger partial charge in [0, 0.05) is 18.8 Å². The maximum Gasteiger partial charge on any atom is 0.136 e. The molecule has 0 radical (unpaired) electrons. The second-order valence-corrected chi connectivity index (χ2v) is 5.06. The molecule has 4 nitrogen and oxygen atoms in total. The Morgan fingerprint density at radius 1 is 1.56 bits per heavy atom. The lowest BCUT2D eigenvalue weighted by molar-refractivity contribution is 0.273. The van der Waals surface area contributed by atoms with Crippen LogP contribution in [-0.2, 0) is 0 Å². The number of nitrogens with two attached hydrogens (primary N) is 1. The van der Waals surface area contributed by atoms with E-state index in [1.54, 1.807) is 6.20 Å². The molecule has 3 N–H and O–H groups in total. The van der Waals surface area contributed by atoms with E-state index >= 15 is 0 Å². The summed E-state index contributed by atoms with van der Waals surface area (Å²) in [5.41, 5.74) is 6.46. The Morgan fingerprint density at radius 2 is 2.28 bits per heavy atom. The van der Waals surface area contributed by atoms with Gasteiger partial charge in [0.25, 0.3) is 0 Å². The summed E-state index contributed by atoms with van der Waals surface area (Å²) in [7, 11) is 2.13. The number of thiocarbonyl (C=S) groups is 1. The van der Waals surface area contributed by atoms with Gasteiger partial charge in [-0.25, -0.2) is 4.98 Å². The molecule has 0 spiro atoms. The van der Waals surface area contributed by atoms with Crippen LogP contribution in [0.3, 0.4) is 0 Å². The Hall–Kier alpha value is -1.20. The number of hydrogen-bond donors (Lipinski definition) is 2. The molecule has 0 saturated heterocycles. The minimum atomic E-state index is 0.380. The molecule has 0 aliphatic heterocycles. The molecule has 1 aromatic rings. The number of aromatic nitrogens is 1. The van der Waals surface area contributed by atoms with Crippen LogP contribution in [0.25, 0.3) is 0 Å². The minimum Gasteiger partial charge on any atom is -0.389 e. The lowest BCUT2D eigenvalue weighted by Crippen LogP contribution is -2.28. The molecule has 0 amide bonds. The Morgan fingerprint density at radius 3 is 2.89 bits per heavy atom. The van der Waals surface area contributed by atoms with Gasteiger partial charge >= 0.3 is 0 Å². The van der Waals surface area contributed by atoms with E-state index in [9.17, 15) is 0 Å². The van der Waals surface area contributed by atoms with Crippen molar-refractivity contribution in [2.24, 2.45) is 5.73 Å². The quantitative estimate of drug-likeness (QED) is 0.583. The molecule has 1 aromatic heterocycles. The molecule has 1 heterocycles. The van der Waals surface area contributed by atoms with Gasteiger partial charge in [-0.1, -0.05) is 12.2 Å². The summed E-state index contributed by atoms with van der Waals surface area (Å²) in [5, 5.41) is 3.28. The molecule has 0 fully saturated rings. The third kappa shape index (κ3) is 4.58. The van der Waals surface area contributed by atoms with Crippen LogP contribution < -0.4 is 11.1 Å². The monoisotopic (exact) mass is 266 g/mol. The Kier molecular flexibility index (Phi) is 6.01. The minimum absolute atomic E-state index is 0.380. The molecule has 0 aromatic carbocycles. The SMILES string of the molecule is CC(C)N(C)CCCNc1ncccc1C(N)=S. The number of nitrogens with zero attached hydrogens (tertiary/aromatic N) is 2. The van der Waals surface area contributed by atoms with Crippen molar-refractivity contribution in [3.63, 3.8) is 0 Å². The van der Waals surface area contributed by atoms with E-state index < -0.39 is 0 Å². The van der Waals surface area contributed by atoms with Gasteiger partial charge in [-0.2, -0.15) is 0 Å². The average molecular weight is 266 g/mol. The average Bonchev–Trinajstić information content (AvgIpc) is 2.34. The molecular weight excluding hydrogens is 244 g/mol. The van der Waals surface area contributed by atoms with Crippen LogP contribution in [-0.4, -0.2) is 41.1 Å². The fourth-order valence-corrected chi connectivity index (χ4v) is 1.70. The van der Waals surface area contributed by atoms with E-state index in [2.05, 4.69) is 36.1 Å². The highest BCUT2D eigenvalue weighted by Gasteiger charge is 2.06.